The highest BCUT2D eigenvalue weighted by Gasteiger charge is 2.04. The monoisotopic (exact) mass is 296 g/mol. The number of aryl methyl sites for hydroxylation is 3. The first-order valence-electron chi connectivity index (χ1n) is 7.13. The first-order valence-corrected chi connectivity index (χ1v) is 7.13. The number of hydrazone groups is 1. The van der Waals surface area contributed by atoms with Crippen molar-refractivity contribution in [1.29, 1.82) is 0 Å². The van der Waals surface area contributed by atoms with Gasteiger partial charge in [0.25, 0.3) is 0 Å². The highest BCUT2D eigenvalue weighted by Crippen LogP contribution is 2.15. The van der Waals surface area contributed by atoms with Crippen LogP contribution in [-0.2, 0) is 11.2 Å². The molecule has 4 nitrogen and oxygen atoms in total. The van der Waals surface area contributed by atoms with E-state index in [-0.39, 0.29) is 18.1 Å². The Kier molecular flexibility index (Phi) is 4.94. The van der Waals surface area contributed by atoms with Crippen LogP contribution in [0.25, 0.3) is 0 Å². The molecule has 2 aromatic carbocycles. The molecule has 2 rings (SSSR count). The third-order valence-electron chi connectivity index (χ3n) is 3.51. The predicted octanol–water partition coefficient (Wildman–Crippen LogP) is 3.01. The number of carbonyl (C=O) groups excluding carboxylic acids is 1. The van der Waals surface area contributed by atoms with Crippen LogP contribution in [0.5, 0.6) is 5.75 Å². The predicted molar refractivity (Wildman–Crippen MR) is 88.2 cm³/mol. The van der Waals surface area contributed by atoms with Crippen molar-refractivity contribution >= 4 is 12.1 Å². The van der Waals surface area contributed by atoms with Gasteiger partial charge in [0.05, 0.1) is 12.6 Å². The van der Waals surface area contributed by atoms with Gasteiger partial charge in [-0.2, -0.15) is 5.10 Å². The number of nitrogens with one attached hydrogen (secondary N) is 1. The minimum Gasteiger partial charge on any atom is -0.507 e. The van der Waals surface area contributed by atoms with Crippen LogP contribution in [0.15, 0.2) is 41.5 Å². The second-order valence-corrected chi connectivity index (χ2v) is 5.45. The Bertz CT molecular complexity index is 721. The Labute approximate surface area is 130 Å². The van der Waals surface area contributed by atoms with Gasteiger partial charge < -0.3 is 5.11 Å². The number of aromatic hydroxyl groups is 1. The summed E-state index contributed by atoms with van der Waals surface area (Å²) < 4.78 is 0. The number of carbonyl (C=O) groups is 1. The Morgan fingerprint density at radius 2 is 1.91 bits per heavy atom. The van der Waals surface area contributed by atoms with Crippen molar-refractivity contribution < 1.29 is 9.90 Å². The van der Waals surface area contributed by atoms with Gasteiger partial charge in [0.15, 0.2) is 0 Å². The largest absolute Gasteiger partial charge is 0.507 e. The summed E-state index contributed by atoms with van der Waals surface area (Å²) in [6.07, 6.45) is 1.72. The van der Waals surface area contributed by atoms with E-state index in [2.05, 4.69) is 10.5 Å². The van der Waals surface area contributed by atoms with Crippen molar-refractivity contribution in [3.05, 3.63) is 64.2 Å². The zero-order valence-electron chi connectivity index (χ0n) is 13.1. The average molecular weight is 296 g/mol. The molecular weight excluding hydrogens is 276 g/mol. The van der Waals surface area contributed by atoms with Crippen molar-refractivity contribution in [2.75, 3.05) is 0 Å². The van der Waals surface area contributed by atoms with Gasteiger partial charge in [-0.1, -0.05) is 29.8 Å². The highest BCUT2D eigenvalue weighted by molar-refractivity contribution is 5.85. The molecule has 0 aromatic heterocycles. The topological polar surface area (TPSA) is 61.7 Å². The summed E-state index contributed by atoms with van der Waals surface area (Å²) in [5, 5.41) is 13.6. The molecule has 0 atom stereocenters. The van der Waals surface area contributed by atoms with Crippen molar-refractivity contribution in [3.63, 3.8) is 0 Å². The van der Waals surface area contributed by atoms with Crippen LogP contribution in [-0.4, -0.2) is 17.2 Å². The third kappa shape index (κ3) is 4.19. The summed E-state index contributed by atoms with van der Waals surface area (Å²) in [5.41, 5.74) is 7.39. The molecule has 0 aliphatic rings. The maximum absolute atomic E-state index is 11.9. The van der Waals surface area contributed by atoms with E-state index in [4.69, 9.17) is 0 Å². The summed E-state index contributed by atoms with van der Waals surface area (Å²) in [6, 6.07) is 11.2. The zero-order valence-corrected chi connectivity index (χ0v) is 13.1. The second-order valence-electron chi connectivity index (χ2n) is 5.45. The van der Waals surface area contributed by atoms with E-state index >= 15 is 0 Å². The van der Waals surface area contributed by atoms with Crippen molar-refractivity contribution in [3.8, 4) is 5.75 Å². The Hall–Kier alpha value is -2.62. The number of phenols is 1. The quantitative estimate of drug-likeness (QED) is 0.673. The van der Waals surface area contributed by atoms with Gasteiger partial charge >= 0.3 is 0 Å². The third-order valence-corrected chi connectivity index (χ3v) is 3.51. The number of rotatable bonds is 4. The Balaban J connectivity index is 1.96. The van der Waals surface area contributed by atoms with E-state index in [0.29, 0.717) is 5.56 Å². The number of amides is 1. The Morgan fingerprint density at radius 1 is 1.14 bits per heavy atom. The fourth-order valence-corrected chi connectivity index (χ4v) is 2.09. The lowest BCUT2D eigenvalue weighted by Gasteiger charge is -2.04. The fraction of sp³-hybridized carbons (Fsp3) is 0.222. The first kappa shape index (κ1) is 15.8. The van der Waals surface area contributed by atoms with E-state index in [0.717, 1.165) is 11.1 Å². The van der Waals surface area contributed by atoms with E-state index in [1.165, 1.54) is 17.3 Å². The number of phenolic OH excluding ortho intramolecular Hbond substituents is 1. The molecule has 4 heteroatoms. The Morgan fingerprint density at radius 3 is 2.64 bits per heavy atom. The summed E-state index contributed by atoms with van der Waals surface area (Å²) in [4.78, 5) is 11.9. The lowest BCUT2D eigenvalue weighted by atomic mass is 10.0. The van der Waals surface area contributed by atoms with Gasteiger partial charge in [-0.15, -0.1) is 0 Å². The standard InChI is InChI=1S/C18H20N2O2/c1-12-4-7-17(21)16(8-12)11-19-20-18(22)10-15-6-5-13(2)14(3)9-15/h4-9,11,21H,10H2,1-3H3,(H,20,22)/b19-11-. The van der Waals surface area contributed by atoms with Gasteiger partial charge in [0.2, 0.25) is 5.91 Å². The number of hydrogen-bond donors (Lipinski definition) is 2. The molecule has 0 unspecified atom stereocenters. The molecule has 22 heavy (non-hydrogen) atoms. The molecule has 0 spiro atoms. The van der Waals surface area contributed by atoms with Crippen LogP contribution in [0.2, 0.25) is 0 Å². The SMILES string of the molecule is Cc1ccc(O)c(/C=N\NC(=O)Cc2ccc(C)c(C)c2)c1. The molecule has 0 aliphatic carbocycles. The van der Waals surface area contributed by atoms with Crippen LogP contribution < -0.4 is 5.43 Å². The minimum absolute atomic E-state index is 0.137. The highest BCUT2D eigenvalue weighted by atomic mass is 16.3. The van der Waals surface area contributed by atoms with Crippen LogP contribution in [0.1, 0.15) is 27.8 Å². The normalized spacial score (nSPS) is 10.9. The van der Waals surface area contributed by atoms with Gasteiger partial charge in [0.1, 0.15) is 5.75 Å². The lowest BCUT2D eigenvalue weighted by Crippen LogP contribution is -2.19. The van der Waals surface area contributed by atoms with Crippen LogP contribution >= 0.6 is 0 Å². The molecule has 0 radical (unpaired) electrons. The van der Waals surface area contributed by atoms with Gasteiger partial charge in [-0.05, 0) is 49.6 Å². The molecule has 0 saturated heterocycles. The van der Waals surface area contributed by atoms with Crippen LogP contribution in [0.3, 0.4) is 0 Å². The van der Waals surface area contributed by atoms with Crippen molar-refractivity contribution in [1.82, 2.24) is 5.43 Å². The average Bonchev–Trinajstić information content (AvgIpc) is 2.46. The molecule has 2 aromatic rings. The zero-order chi connectivity index (χ0) is 16.1. The van der Waals surface area contributed by atoms with Gasteiger partial charge in [-0.3, -0.25) is 4.79 Å². The van der Waals surface area contributed by atoms with Crippen molar-refractivity contribution in [2.45, 2.75) is 27.2 Å². The van der Waals surface area contributed by atoms with Crippen LogP contribution in [0.4, 0.5) is 0 Å². The molecule has 114 valence electrons. The van der Waals surface area contributed by atoms with E-state index in [1.54, 1.807) is 12.1 Å². The van der Waals surface area contributed by atoms with Crippen LogP contribution in [0, 0.1) is 20.8 Å². The number of benzene rings is 2. The fourth-order valence-electron chi connectivity index (χ4n) is 2.09. The summed E-state index contributed by atoms with van der Waals surface area (Å²) >= 11 is 0. The second kappa shape index (κ2) is 6.89. The van der Waals surface area contributed by atoms with Gasteiger partial charge in [0, 0.05) is 5.56 Å². The molecule has 2 N–H and O–H groups in total. The van der Waals surface area contributed by atoms with E-state index in [9.17, 15) is 9.90 Å². The smallest absolute Gasteiger partial charge is 0.244 e. The maximum Gasteiger partial charge on any atom is 0.244 e. The molecule has 0 fully saturated rings. The summed E-state index contributed by atoms with van der Waals surface area (Å²) in [5.74, 6) is -0.0515. The number of hydrogen-bond acceptors (Lipinski definition) is 3. The molecule has 0 saturated carbocycles. The maximum atomic E-state index is 11.9. The minimum atomic E-state index is -0.188. The van der Waals surface area contributed by atoms with Crippen molar-refractivity contribution in [2.24, 2.45) is 5.10 Å². The first-order chi connectivity index (χ1) is 10.5. The molecule has 0 heterocycles. The van der Waals surface area contributed by atoms with Gasteiger partial charge in [-0.25, -0.2) is 5.43 Å². The summed E-state index contributed by atoms with van der Waals surface area (Å²) in [7, 11) is 0. The molecule has 1 amide bonds. The molecule has 0 bridgehead atoms. The molecule has 0 aliphatic heterocycles. The lowest BCUT2D eigenvalue weighted by molar-refractivity contribution is -0.120. The summed E-state index contributed by atoms with van der Waals surface area (Å²) in [6.45, 7) is 5.99. The van der Waals surface area contributed by atoms with E-state index < -0.39 is 0 Å². The molecular formula is C18H20N2O2. The number of nitrogens with zero attached hydrogens (tertiary/aromatic N) is 1. The van der Waals surface area contributed by atoms with E-state index in [1.807, 2.05) is 45.0 Å².